The number of nitrogens with zero attached hydrogens (tertiary/aromatic N) is 3. The van der Waals surface area contributed by atoms with E-state index in [1.807, 2.05) is 52.7 Å². The Morgan fingerprint density at radius 3 is 2.84 bits per heavy atom. The first-order chi connectivity index (χ1) is 18.7. The van der Waals surface area contributed by atoms with Crippen LogP contribution < -0.4 is 20.1 Å². The Balaban J connectivity index is 1.21. The van der Waals surface area contributed by atoms with Gasteiger partial charge in [-0.05, 0) is 72.4 Å². The van der Waals surface area contributed by atoms with E-state index in [1.54, 1.807) is 30.2 Å². The number of thiazole rings is 1. The van der Waals surface area contributed by atoms with Crippen LogP contribution in [0.4, 0.5) is 11.4 Å². The number of aryl methyl sites for hydroxylation is 2. The zero-order valence-electron chi connectivity index (χ0n) is 20.9. The van der Waals surface area contributed by atoms with Gasteiger partial charge in [0, 0.05) is 35.6 Å². The Kier molecular flexibility index (Phi) is 6.66. The molecular weight excluding hydrogens is 498 g/mol. The summed E-state index contributed by atoms with van der Waals surface area (Å²) >= 11 is 1.54. The van der Waals surface area contributed by atoms with E-state index in [1.165, 1.54) is 0 Å². The minimum absolute atomic E-state index is 0.0610. The molecule has 8 nitrogen and oxygen atoms in total. The molecule has 0 bridgehead atoms. The number of benzene rings is 2. The number of carbonyl (C=O) groups is 1. The lowest BCUT2D eigenvalue weighted by atomic mass is 9.91. The Morgan fingerprint density at radius 2 is 2.03 bits per heavy atom. The van der Waals surface area contributed by atoms with Gasteiger partial charge in [0.25, 0.3) is 5.91 Å². The molecule has 0 radical (unpaired) electrons. The van der Waals surface area contributed by atoms with Crippen LogP contribution in [0.1, 0.15) is 29.7 Å². The maximum atomic E-state index is 13.1. The van der Waals surface area contributed by atoms with Gasteiger partial charge in [0.05, 0.1) is 29.7 Å². The monoisotopic (exact) mass is 525 g/mol. The molecule has 2 aliphatic rings. The SMILES string of the molecule is COc1cc(C2=CC3=C(CC2)C(=O)Nc2cc(CCn4cccn4)ccc2N3)ccc1OCc1cscn1. The smallest absolute Gasteiger partial charge is 0.253 e. The van der Waals surface area contributed by atoms with Crippen LogP contribution >= 0.6 is 11.3 Å². The summed E-state index contributed by atoms with van der Waals surface area (Å²) in [6.45, 7) is 1.17. The van der Waals surface area contributed by atoms with E-state index >= 15 is 0 Å². The van der Waals surface area contributed by atoms with Crippen molar-refractivity contribution in [3.05, 3.63) is 99.9 Å². The third-order valence-corrected chi connectivity index (χ3v) is 7.38. The van der Waals surface area contributed by atoms with Crippen molar-refractivity contribution in [1.82, 2.24) is 14.8 Å². The maximum absolute atomic E-state index is 13.1. The lowest BCUT2D eigenvalue weighted by Gasteiger charge is -2.20. The molecule has 3 heterocycles. The fraction of sp³-hybridized carbons (Fsp3) is 0.207. The number of anilines is 2. The first kappa shape index (κ1) is 24.0. The average molecular weight is 526 g/mol. The van der Waals surface area contributed by atoms with Gasteiger partial charge in [0.2, 0.25) is 0 Å². The largest absolute Gasteiger partial charge is 0.493 e. The molecule has 38 heavy (non-hydrogen) atoms. The summed E-state index contributed by atoms with van der Waals surface area (Å²) in [4.78, 5) is 17.4. The fourth-order valence-electron chi connectivity index (χ4n) is 4.73. The topological polar surface area (TPSA) is 90.3 Å². The molecular formula is C29H27N5O3S. The molecule has 0 unspecified atom stereocenters. The van der Waals surface area contributed by atoms with E-state index in [9.17, 15) is 4.79 Å². The van der Waals surface area contributed by atoms with Crippen LogP contribution in [0.15, 0.2) is 83.1 Å². The first-order valence-electron chi connectivity index (χ1n) is 12.5. The van der Waals surface area contributed by atoms with Crippen molar-refractivity contribution in [2.45, 2.75) is 32.4 Å². The molecule has 2 N–H and O–H groups in total. The van der Waals surface area contributed by atoms with Gasteiger partial charge in [-0.15, -0.1) is 11.3 Å². The van der Waals surface area contributed by atoms with Crippen LogP contribution in [0.25, 0.3) is 5.57 Å². The number of hydrogen-bond donors (Lipinski definition) is 2. The van der Waals surface area contributed by atoms with E-state index in [-0.39, 0.29) is 5.91 Å². The molecule has 192 valence electrons. The van der Waals surface area contributed by atoms with Gasteiger partial charge in [-0.1, -0.05) is 12.1 Å². The normalized spacial score (nSPS) is 14.6. The van der Waals surface area contributed by atoms with Crippen molar-refractivity contribution in [2.24, 2.45) is 0 Å². The molecule has 4 aromatic rings. The highest BCUT2D eigenvalue weighted by Gasteiger charge is 2.25. The zero-order valence-corrected chi connectivity index (χ0v) is 21.8. The molecule has 0 saturated carbocycles. The summed E-state index contributed by atoms with van der Waals surface area (Å²) in [7, 11) is 1.64. The predicted octanol–water partition coefficient (Wildman–Crippen LogP) is 5.67. The summed E-state index contributed by atoms with van der Waals surface area (Å²) in [5, 5.41) is 12.8. The lowest BCUT2D eigenvalue weighted by Crippen LogP contribution is -2.17. The Bertz CT molecular complexity index is 1520. The summed E-state index contributed by atoms with van der Waals surface area (Å²) in [6, 6.07) is 14.0. The third kappa shape index (κ3) is 5.05. The third-order valence-electron chi connectivity index (χ3n) is 6.75. The van der Waals surface area contributed by atoms with Crippen molar-refractivity contribution < 1.29 is 14.3 Å². The number of carbonyl (C=O) groups excluding carboxylic acids is 1. The van der Waals surface area contributed by atoms with Crippen molar-refractivity contribution in [2.75, 3.05) is 17.7 Å². The second kappa shape index (κ2) is 10.5. The number of allylic oxidation sites excluding steroid dienone is 2. The Morgan fingerprint density at radius 1 is 1.08 bits per heavy atom. The first-order valence-corrected chi connectivity index (χ1v) is 13.4. The number of rotatable bonds is 8. The molecule has 1 amide bonds. The molecule has 1 aliphatic heterocycles. The van der Waals surface area contributed by atoms with Crippen molar-refractivity contribution in [3.8, 4) is 11.5 Å². The van der Waals surface area contributed by atoms with E-state index in [4.69, 9.17) is 9.47 Å². The standard InChI is InChI=1S/C29H27N5O3S/c1-36-28-15-21(5-8-27(28)37-16-22-17-38-18-30-22)20-4-6-23-25(14-20)32-24-7-3-19(13-26(24)33-29(23)35)9-12-34-11-2-10-31-34/h2-3,5,7-8,10-11,13-15,17-18,32H,4,6,9,12,16H2,1H3,(H,33,35). The summed E-state index contributed by atoms with van der Waals surface area (Å²) in [5.74, 6) is 1.27. The molecule has 0 saturated heterocycles. The summed E-state index contributed by atoms with van der Waals surface area (Å²) in [6.07, 6.45) is 8.03. The Labute approximate surface area is 224 Å². The van der Waals surface area contributed by atoms with Crippen LogP contribution in [0, 0.1) is 0 Å². The molecule has 0 atom stereocenters. The van der Waals surface area contributed by atoms with Crippen molar-refractivity contribution >= 4 is 34.2 Å². The van der Waals surface area contributed by atoms with Gasteiger partial charge < -0.3 is 20.1 Å². The van der Waals surface area contributed by atoms with Crippen molar-refractivity contribution in [3.63, 3.8) is 0 Å². The highest BCUT2D eigenvalue weighted by Crippen LogP contribution is 2.38. The summed E-state index contributed by atoms with van der Waals surface area (Å²) < 4.78 is 13.5. The highest BCUT2D eigenvalue weighted by atomic mass is 32.1. The van der Waals surface area contributed by atoms with E-state index < -0.39 is 0 Å². The molecule has 9 heteroatoms. The van der Waals surface area contributed by atoms with Crippen LogP contribution in [0.3, 0.4) is 0 Å². The van der Waals surface area contributed by atoms with Crippen LogP contribution in [0.2, 0.25) is 0 Å². The number of ether oxygens (including phenoxy) is 2. The molecule has 2 aromatic heterocycles. The highest BCUT2D eigenvalue weighted by molar-refractivity contribution is 7.07. The molecule has 2 aromatic carbocycles. The minimum atomic E-state index is -0.0610. The van der Waals surface area contributed by atoms with E-state index in [0.717, 1.165) is 64.4 Å². The maximum Gasteiger partial charge on any atom is 0.253 e. The van der Waals surface area contributed by atoms with Gasteiger partial charge in [-0.25, -0.2) is 4.98 Å². The molecule has 0 fully saturated rings. The number of fused-ring (bicyclic) bond motifs is 1. The number of aromatic nitrogens is 3. The van der Waals surface area contributed by atoms with Gasteiger partial charge in [-0.3, -0.25) is 9.48 Å². The van der Waals surface area contributed by atoms with Gasteiger partial charge in [-0.2, -0.15) is 5.10 Å². The quantitative estimate of drug-likeness (QED) is 0.308. The average Bonchev–Trinajstić information content (AvgIpc) is 3.64. The molecule has 1 aliphatic carbocycles. The molecule has 0 spiro atoms. The number of methoxy groups -OCH3 is 1. The Hall–Kier alpha value is -4.37. The second-order valence-electron chi connectivity index (χ2n) is 9.17. The number of amides is 1. The van der Waals surface area contributed by atoms with Gasteiger partial charge >= 0.3 is 0 Å². The lowest BCUT2D eigenvalue weighted by molar-refractivity contribution is -0.113. The predicted molar refractivity (Wildman–Crippen MR) is 148 cm³/mol. The van der Waals surface area contributed by atoms with Crippen LogP contribution in [-0.2, 0) is 24.4 Å². The van der Waals surface area contributed by atoms with E-state index in [0.29, 0.717) is 24.5 Å². The fourth-order valence-corrected chi connectivity index (χ4v) is 5.27. The minimum Gasteiger partial charge on any atom is -0.493 e. The van der Waals surface area contributed by atoms with Crippen LogP contribution in [-0.4, -0.2) is 27.8 Å². The van der Waals surface area contributed by atoms with Gasteiger partial charge in [0.15, 0.2) is 11.5 Å². The van der Waals surface area contributed by atoms with Gasteiger partial charge in [0.1, 0.15) is 6.61 Å². The zero-order chi connectivity index (χ0) is 25.9. The van der Waals surface area contributed by atoms with E-state index in [2.05, 4.69) is 32.9 Å². The molecule has 6 rings (SSSR count). The summed E-state index contributed by atoms with van der Waals surface area (Å²) in [5.41, 5.74) is 9.25. The number of hydrogen-bond acceptors (Lipinski definition) is 7. The van der Waals surface area contributed by atoms with Crippen molar-refractivity contribution in [1.29, 1.82) is 0 Å². The second-order valence-corrected chi connectivity index (χ2v) is 9.89. The number of nitrogens with one attached hydrogen (secondary N) is 2. The van der Waals surface area contributed by atoms with Crippen LogP contribution in [0.5, 0.6) is 11.5 Å².